The van der Waals surface area contributed by atoms with Gasteiger partial charge >= 0.3 is 0 Å². The Bertz CT molecular complexity index is 304. The van der Waals surface area contributed by atoms with Crippen molar-refractivity contribution >= 4 is 0 Å². The van der Waals surface area contributed by atoms with Gasteiger partial charge in [-0.2, -0.15) is 0 Å². The first kappa shape index (κ1) is 19.9. The third kappa shape index (κ3) is 8.06. The fourth-order valence-electron chi connectivity index (χ4n) is 2.79. The van der Waals surface area contributed by atoms with Crippen molar-refractivity contribution in [3.63, 3.8) is 0 Å². The molecule has 0 aliphatic carbocycles. The Morgan fingerprint density at radius 3 is 2.19 bits per heavy atom. The van der Waals surface area contributed by atoms with Crippen molar-refractivity contribution in [3.8, 4) is 0 Å². The van der Waals surface area contributed by atoms with E-state index in [0.717, 1.165) is 38.8 Å². The molecule has 0 heterocycles. The number of allylic oxidation sites excluding steroid dienone is 3. The second-order valence-corrected chi connectivity index (χ2v) is 5.93. The highest BCUT2D eigenvalue weighted by Gasteiger charge is 2.29. The quantitative estimate of drug-likeness (QED) is 0.296. The molecule has 0 aromatic carbocycles. The van der Waals surface area contributed by atoms with Crippen LogP contribution in [0.2, 0.25) is 0 Å². The molecule has 1 heteroatoms. The summed E-state index contributed by atoms with van der Waals surface area (Å²) in [5.41, 5.74) is 1.37. The lowest BCUT2D eigenvalue weighted by molar-refractivity contribution is 0.327. The molecule has 0 aromatic heterocycles. The molecule has 0 saturated carbocycles. The molecule has 0 aromatic rings. The molecule has 0 fully saturated rings. The molecule has 120 valence electrons. The van der Waals surface area contributed by atoms with Crippen molar-refractivity contribution in [2.45, 2.75) is 58.3 Å². The number of rotatable bonds is 15. The highest BCUT2D eigenvalue weighted by Crippen LogP contribution is 2.39. The summed E-state index contributed by atoms with van der Waals surface area (Å²) in [7, 11) is 0. The van der Waals surface area contributed by atoms with Gasteiger partial charge in [-0.1, -0.05) is 56.6 Å². The van der Waals surface area contributed by atoms with Crippen molar-refractivity contribution in [1.29, 1.82) is 0 Å². The number of hydrogen-bond donors (Lipinski definition) is 1. The van der Waals surface area contributed by atoms with Crippen LogP contribution in [-0.2, 0) is 0 Å². The molecular formula is C20H35N. The van der Waals surface area contributed by atoms with Gasteiger partial charge in [-0.15, -0.1) is 19.7 Å². The van der Waals surface area contributed by atoms with Gasteiger partial charge in [0, 0.05) is 6.54 Å². The molecule has 1 nitrogen and oxygen atoms in total. The molecule has 0 radical (unpaired) electrons. The van der Waals surface area contributed by atoms with Crippen molar-refractivity contribution in [2.75, 3.05) is 13.1 Å². The van der Waals surface area contributed by atoms with Crippen LogP contribution in [-0.4, -0.2) is 13.1 Å². The summed E-state index contributed by atoms with van der Waals surface area (Å²) in [6, 6.07) is 0. The summed E-state index contributed by atoms with van der Waals surface area (Å²) >= 11 is 0. The lowest BCUT2D eigenvalue weighted by Crippen LogP contribution is -2.29. The van der Waals surface area contributed by atoms with Gasteiger partial charge in [0.15, 0.2) is 0 Å². The third-order valence-electron chi connectivity index (χ3n) is 4.19. The lowest BCUT2D eigenvalue weighted by Gasteiger charge is -2.34. The van der Waals surface area contributed by atoms with Gasteiger partial charge in [0.1, 0.15) is 0 Å². The fourth-order valence-corrected chi connectivity index (χ4v) is 2.79. The number of unbranched alkanes of at least 4 members (excludes halogenated alkanes) is 3. The van der Waals surface area contributed by atoms with Crippen molar-refractivity contribution < 1.29 is 0 Å². The third-order valence-corrected chi connectivity index (χ3v) is 4.19. The highest BCUT2D eigenvalue weighted by atomic mass is 14.8. The highest BCUT2D eigenvalue weighted by molar-refractivity contribution is 5.16. The largest absolute Gasteiger partial charge is 0.313 e. The van der Waals surface area contributed by atoms with E-state index in [4.69, 9.17) is 0 Å². The predicted octanol–water partition coefficient (Wildman–Crippen LogP) is 5.82. The molecular weight excluding hydrogens is 254 g/mol. The van der Waals surface area contributed by atoms with Gasteiger partial charge in [0.25, 0.3) is 0 Å². The normalized spacial score (nSPS) is 11.1. The summed E-state index contributed by atoms with van der Waals surface area (Å²) in [4.78, 5) is 0. The zero-order valence-electron chi connectivity index (χ0n) is 14.1. The Labute approximate surface area is 132 Å². The van der Waals surface area contributed by atoms with Gasteiger partial charge in [-0.25, -0.2) is 0 Å². The first-order valence-electron chi connectivity index (χ1n) is 8.38. The van der Waals surface area contributed by atoms with Crippen LogP contribution in [0.5, 0.6) is 0 Å². The molecule has 0 spiro atoms. The van der Waals surface area contributed by atoms with Crippen LogP contribution < -0.4 is 5.32 Å². The molecule has 0 saturated heterocycles. The second kappa shape index (κ2) is 12.6. The minimum absolute atomic E-state index is 0.0914. The van der Waals surface area contributed by atoms with Crippen molar-refractivity contribution in [3.05, 3.63) is 50.1 Å². The summed E-state index contributed by atoms with van der Waals surface area (Å²) in [5.74, 6) is 0. The minimum atomic E-state index is 0.0914. The summed E-state index contributed by atoms with van der Waals surface area (Å²) in [6.07, 6.45) is 15.2. The van der Waals surface area contributed by atoms with Crippen LogP contribution in [0.25, 0.3) is 0 Å². The van der Waals surface area contributed by atoms with E-state index in [1.807, 2.05) is 18.2 Å². The van der Waals surface area contributed by atoms with Crippen LogP contribution in [0.15, 0.2) is 50.1 Å². The molecule has 0 aliphatic rings. The fraction of sp³-hybridized carbons (Fsp3) is 0.600. The average Bonchev–Trinajstić information content (AvgIpc) is 2.48. The maximum atomic E-state index is 4.36. The van der Waals surface area contributed by atoms with E-state index in [2.05, 4.69) is 38.6 Å². The Morgan fingerprint density at radius 2 is 1.67 bits per heavy atom. The van der Waals surface area contributed by atoms with E-state index in [-0.39, 0.29) is 5.41 Å². The van der Waals surface area contributed by atoms with E-state index in [1.165, 1.54) is 31.3 Å². The molecule has 1 N–H and O–H groups in total. The van der Waals surface area contributed by atoms with E-state index in [0.29, 0.717) is 0 Å². The molecule has 0 amide bonds. The maximum Gasteiger partial charge on any atom is 0.0167 e. The van der Waals surface area contributed by atoms with Crippen LogP contribution in [0.3, 0.4) is 0 Å². The first-order valence-corrected chi connectivity index (χ1v) is 8.38. The molecule has 21 heavy (non-hydrogen) atoms. The SMILES string of the molecule is C=CCCC(CC=C)(CC=C)C(=C)CNCCCCCC. The summed E-state index contributed by atoms with van der Waals surface area (Å²) in [6.45, 7) is 20.3. The van der Waals surface area contributed by atoms with E-state index >= 15 is 0 Å². The maximum absolute atomic E-state index is 4.36. The minimum Gasteiger partial charge on any atom is -0.313 e. The molecule has 0 atom stereocenters. The molecule has 0 bridgehead atoms. The Morgan fingerprint density at radius 1 is 1.00 bits per heavy atom. The van der Waals surface area contributed by atoms with E-state index in [9.17, 15) is 0 Å². The number of hydrogen-bond acceptors (Lipinski definition) is 1. The Balaban J connectivity index is 4.43. The van der Waals surface area contributed by atoms with E-state index < -0.39 is 0 Å². The van der Waals surface area contributed by atoms with Crippen LogP contribution in [0.1, 0.15) is 58.3 Å². The summed E-state index contributed by atoms with van der Waals surface area (Å²) < 4.78 is 0. The smallest absolute Gasteiger partial charge is 0.0167 e. The summed E-state index contributed by atoms with van der Waals surface area (Å²) in [5, 5.41) is 3.55. The second-order valence-electron chi connectivity index (χ2n) is 5.93. The van der Waals surface area contributed by atoms with Gasteiger partial charge in [0.2, 0.25) is 0 Å². The molecule has 0 rings (SSSR count). The Kier molecular flexibility index (Phi) is 12.0. The van der Waals surface area contributed by atoms with Crippen LogP contribution in [0.4, 0.5) is 0 Å². The van der Waals surface area contributed by atoms with Crippen LogP contribution >= 0.6 is 0 Å². The lowest BCUT2D eigenvalue weighted by atomic mass is 9.71. The first-order chi connectivity index (χ1) is 10.2. The zero-order chi connectivity index (χ0) is 16.0. The van der Waals surface area contributed by atoms with Crippen molar-refractivity contribution in [1.82, 2.24) is 5.32 Å². The average molecular weight is 290 g/mol. The zero-order valence-corrected chi connectivity index (χ0v) is 14.1. The van der Waals surface area contributed by atoms with Gasteiger partial charge in [-0.3, -0.25) is 0 Å². The standard InChI is InChI=1S/C20H35N/c1-6-10-12-13-17-21-18-19(5)20(14-8-3,15-9-4)16-11-7-2/h7-9,21H,2-6,10-18H2,1H3. The van der Waals surface area contributed by atoms with E-state index in [1.54, 1.807) is 0 Å². The van der Waals surface area contributed by atoms with Gasteiger partial charge in [-0.05, 0) is 44.1 Å². The molecule has 0 aliphatic heterocycles. The van der Waals surface area contributed by atoms with Gasteiger partial charge in [0.05, 0.1) is 0 Å². The molecule has 0 unspecified atom stereocenters. The van der Waals surface area contributed by atoms with Gasteiger partial charge < -0.3 is 5.32 Å². The number of nitrogens with one attached hydrogen (secondary N) is 1. The van der Waals surface area contributed by atoms with Crippen molar-refractivity contribution in [2.24, 2.45) is 5.41 Å². The predicted molar refractivity (Wildman–Crippen MR) is 97.6 cm³/mol. The van der Waals surface area contributed by atoms with Crippen LogP contribution in [0, 0.1) is 5.41 Å². The Hall–Kier alpha value is -1.08. The monoisotopic (exact) mass is 289 g/mol. The topological polar surface area (TPSA) is 12.0 Å².